The average molecular weight is 332 g/mol. The van der Waals surface area contributed by atoms with Gasteiger partial charge in [0.2, 0.25) is 0 Å². The molecule has 0 aliphatic rings. The molecule has 3 aromatic heterocycles. The van der Waals surface area contributed by atoms with Crippen LogP contribution in [0.25, 0.3) is 28.1 Å². The normalized spacial score (nSPS) is 12.5. The van der Waals surface area contributed by atoms with Gasteiger partial charge >= 0.3 is 0 Å². The van der Waals surface area contributed by atoms with Crippen molar-refractivity contribution < 1.29 is 4.42 Å². The number of fused-ring (bicyclic) bond motifs is 3. The lowest BCUT2D eigenvalue weighted by molar-refractivity contribution is 0.557. The van der Waals surface area contributed by atoms with Crippen LogP contribution in [-0.4, -0.2) is 25.9 Å². The molecule has 4 aromatic rings. The van der Waals surface area contributed by atoms with Crippen LogP contribution in [0.5, 0.6) is 0 Å². The van der Waals surface area contributed by atoms with Gasteiger partial charge in [-0.25, -0.2) is 5.43 Å². The van der Waals surface area contributed by atoms with Gasteiger partial charge in [0.25, 0.3) is 5.95 Å². The number of aryl methyl sites for hydroxylation is 1. The number of nitrogens with one attached hydrogen (secondary N) is 2. The standard InChI is InChI=1S/C18H16N6O/c1-11-5-3-7-14-15(11)19-17-16(14)22-24-18(20-17)23-21-12(2)8-9-13-6-4-10-25-13/h3-10H,1-2H3,(H2,19,20,23,24)/b9-8+,21-12-. The summed E-state index contributed by atoms with van der Waals surface area (Å²) in [5.74, 6) is 1.10. The molecule has 124 valence electrons. The Balaban J connectivity index is 1.58. The van der Waals surface area contributed by atoms with Crippen molar-refractivity contribution in [3.05, 3.63) is 54.0 Å². The van der Waals surface area contributed by atoms with Gasteiger partial charge in [0.1, 0.15) is 11.3 Å². The molecule has 0 fully saturated rings. The highest BCUT2D eigenvalue weighted by Crippen LogP contribution is 2.24. The number of aromatic nitrogens is 4. The van der Waals surface area contributed by atoms with Crippen molar-refractivity contribution in [3.63, 3.8) is 0 Å². The Kier molecular flexibility index (Phi) is 3.74. The molecule has 2 N–H and O–H groups in total. The molecular formula is C18H16N6O. The molecule has 0 amide bonds. The maximum atomic E-state index is 5.23. The third-order valence-corrected chi connectivity index (χ3v) is 3.82. The van der Waals surface area contributed by atoms with E-state index in [0.717, 1.165) is 33.5 Å². The maximum Gasteiger partial charge on any atom is 0.265 e. The van der Waals surface area contributed by atoms with Crippen LogP contribution in [0, 0.1) is 6.92 Å². The van der Waals surface area contributed by atoms with E-state index in [1.54, 1.807) is 6.26 Å². The van der Waals surface area contributed by atoms with Gasteiger partial charge in [-0.1, -0.05) is 18.2 Å². The van der Waals surface area contributed by atoms with E-state index in [1.807, 2.05) is 56.3 Å². The van der Waals surface area contributed by atoms with Gasteiger partial charge in [-0.3, -0.25) is 0 Å². The summed E-state index contributed by atoms with van der Waals surface area (Å²) >= 11 is 0. The van der Waals surface area contributed by atoms with Gasteiger partial charge in [-0.15, -0.1) is 10.2 Å². The van der Waals surface area contributed by atoms with Crippen LogP contribution in [0.15, 0.2) is 52.2 Å². The molecule has 4 rings (SSSR count). The second-order valence-corrected chi connectivity index (χ2v) is 5.67. The molecule has 0 saturated carbocycles. The van der Waals surface area contributed by atoms with Crippen molar-refractivity contribution in [1.82, 2.24) is 20.2 Å². The van der Waals surface area contributed by atoms with E-state index in [0.29, 0.717) is 11.6 Å². The van der Waals surface area contributed by atoms with Crippen molar-refractivity contribution in [1.29, 1.82) is 0 Å². The predicted molar refractivity (Wildman–Crippen MR) is 98.4 cm³/mol. The fraction of sp³-hybridized carbons (Fsp3) is 0.111. The minimum absolute atomic E-state index is 0.336. The van der Waals surface area contributed by atoms with Crippen molar-refractivity contribution in [2.75, 3.05) is 5.43 Å². The van der Waals surface area contributed by atoms with E-state index in [-0.39, 0.29) is 0 Å². The molecule has 25 heavy (non-hydrogen) atoms. The summed E-state index contributed by atoms with van der Waals surface area (Å²) in [6.07, 6.45) is 5.30. The molecule has 0 atom stereocenters. The highest BCUT2D eigenvalue weighted by atomic mass is 16.3. The summed E-state index contributed by atoms with van der Waals surface area (Å²) in [7, 11) is 0. The number of para-hydroxylation sites is 1. The van der Waals surface area contributed by atoms with E-state index in [2.05, 4.69) is 30.7 Å². The van der Waals surface area contributed by atoms with Gasteiger partial charge in [0.15, 0.2) is 5.65 Å². The van der Waals surface area contributed by atoms with Crippen molar-refractivity contribution in [3.8, 4) is 0 Å². The lowest BCUT2D eigenvalue weighted by Gasteiger charge is -1.98. The molecule has 7 heteroatoms. The van der Waals surface area contributed by atoms with Gasteiger partial charge in [0.05, 0.1) is 17.5 Å². The molecular weight excluding hydrogens is 316 g/mol. The SMILES string of the molecule is CC(/C=C/c1ccco1)=N/Nc1nnc2c(n1)[nH]c1c(C)cccc12. The molecule has 0 spiro atoms. The fourth-order valence-corrected chi connectivity index (χ4v) is 2.56. The second-order valence-electron chi connectivity index (χ2n) is 5.67. The number of furan rings is 1. The van der Waals surface area contributed by atoms with Crippen molar-refractivity contribution in [2.24, 2.45) is 5.10 Å². The molecule has 7 nitrogen and oxygen atoms in total. The number of hydrazone groups is 1. The first-order valence-electron chi connectivity index (χ1n) is 7.84. The van der Waals surface area contributed by atoms with Crippen LogP contribution in [0.1, 0.15) is 18.2 Å². The van der Waals surface area contributed by atoms with Gasteiger partial charge < -0.3 is 9.40 Å². The third-order valence-electron chi connectivity index (χ3n) is 3.82. The first kappa shape index (κ1) is 15.1. The molecule has 0 radical (unpaired) electrons. The van der Waals surface area contributed by atoms with Crippen LogP contribution < -0.4 is 5.43 Å². The number of allylic oxidation sites excluding steroid dienone is 1. The molecule has 0 saturated heterocycles. The lowest BCUT2D eigenvalue weighted by Crippen LogP contribution is -2.00. The summed E-state index contributed by atoms with van der Waals surface area (Å²) in [5.41, 5.74) is 7.19. The van der Waals surface area contributed by atoms with Crippen molar-refractivity contribution in [2.45, 2.75) is 13.8 Å². The van der Waals surface area contributed by atoms with Crippen LogP contribution in [0.3, 0.4) is 0 Å². The Bertz CT molecular complexity index is 1090. The van der Waals surface area contributed by atoms with Gasteiger partial charge in [0, 0.05) is 5.39 Å². The topological polar surface area (TPSA) is 92.0 Å². The van der Waals surface area contributed by atoms with Gasteiger partial charge in [-0.2, -0.15) is 10.1 Å². The smallest absolute Gasteiger partial charge is 0.265 e. The Morgan fingerprint density at radius 1 is 1.24 bits per heavy atom. The zero-order valence-electron chi connectivity index (χ0n) is 13.8. The molecule has 3 heterocycles. The van der Waals surface area contributed by atoms with Crippen LogP contribution in [0.4, 0.5) is 5.95 Å². The van der Waals surface area contributed by atoms with E-state index in [4.69, 9.17) is 4.42 Å². The first-order chi connectivity index (χ1) is 12.2. The lowest BCUT2D eigenvalue weighted by atomic mass is 10.1. The summed E-state index contributed by atoms with van der Waals surface area (Å²) < 4.78 is 5.23. The molecule has 1 aromatic carbocycles. The summed E-state index contributed by atoms with van der Waals surface area (Å²) in [5, 5.41) is 13.6. The van der Waals surface area contributed by atoms with Crippen LogP contribution in [0.2, 0.25) is 0 Å². The number of H-pyrrole nitrogens is 1. The highest BCUT2D eigenvalue weighted by Gasteiger charge is 2.09. The quantitative estimate of drug-likeness (QED) is 0.437. The summed E-state index contributed by atoms with van der Waals surface area (Å²) in [6, 6.07) is 9.75. The molecule has 0 bridgehead atoms. The number of hydrogen-bond donors (Lipinski definition) is 2. The number of hydrogen-bond acceptors (Lipinski definition) is 6. The van der Waals surface area contributed by atoms with E-state index in [1.165, 1.54) is 0 Å². The van der Waals surface area contributed by atoms with Gasteiger partial charge in [-0.05, 0) is 43.7 Å². The zero-order chi connectivity index (χ0) is 17.2. The number of rotatable bonds is 4. The molecule has 0 unspecified atom stereocenters. The predicted octanol–water partition coefficient (Wildman–Crippen LogP) is 3.91. The first-order valence-corrected chi connectivity index (χ1v) is 7.84. The fourth-order valence-electron chi connectivity index (χ4n) is 2.56. The van der Waals surface area contributed by atoms with Crippen LogP contribution >= 0.6 is 0 Å². The number of anilines is 1. The van der Waals surface area contributed by atoms with E-state index < -0.39 is 0 Å². The van der Waals surface area contributed by atoms with Crippen LogP contribution in [-0.2, 0) is 0 Å². The Labute approximate surface area is 143 Å². The van der Waals surface area contributed by atoms with E-state index in [9.17, 15) is 0 Å². The zero-order valence-corrected chi connectivity index (χ0v) is 13.8. The molecule has 0 aliphatic carbocycles. The highest BCUT2D eigenvalue weighted by molar-refractivity contribution is 6.04. The Morgan fingerprint density at radius 3 is 3.00 bits per heavy atom. The second kappa shape index (κ2) is 6.20. The van der Waals surface area contributed by atoms with Crippen molar-refractivity contribution >= 4 is 39.8 Å². The number of nitrogens with zero attached hydrogens (tertiary/aromatic N) is 4. The molecule has 0 aliphatic heterocycles. The maximum absolute atomic E-state index is 5.23. The minimum atomic E-state index is 0.336. The average Bonchev–Trinajstić information content (AvgIpc) is 3.26. The number of aromatic amines is 1. The minimum Gasteiger partial charge on any atom is -0.465 e. The monoisotopic (exact) mass is 332 g/mol. The summed E-state index contributed by atoms with van der Waals surface area (Å²) in [4.78, 5) is 7.74. The largest absolute Gasteiger partial charge is 0.465 e. The Hall–Kier alpha value is -3.48. The number of benzene rings is 1. The summed E-state index contributed by atoms with van der Waals surface area (Å²) in [6.45, 7) is 3.91. The Morgan fingerprint density at radius 2 is 2.16 bits per heavy atom. The third kappa shape index (κ3) is 2.99. The van der Waals surface area contributed by atoms with E-state index >= 15 is 0 Å².